The molecule has 7 nitrogen and oxygen atoms in total. The summed E-state index contributed by atoms with van der Waals surface area (Å²) in [4.78, 5) is 35.4. The fourth-order valence-electron chi connectivity index (χ4n) is 2.56. The Bertz CT molecular complexity index is 1050. The number of rotatable bonds is 4. The van der Waals surface area contributed by atoms with Gasteiger partial charge in [-0.15, -0.1) is 0 Å². The van der Waals surface area contributed by atoms with Gasteiger partial charge in [0, 0.05) is 5.69 Å². The average Bonchev–Trinajstić information content (AvgIpc) is 2.87. The number of aromatic carboxylic acids is 1. The number of carboxylic acids is 1. The lowest BCUT2D eigenvalue weighted by Crippen LogP contribution is -2.25. The minimum Gasteiger partial charge on any atom is -0.478 e. The smallest absolute Gasteiger partial charge is 0.420 e. The Kier molecular flexibility index (Phi) is 4.14. The second-order valence-corrected chi connectivity index (χ2v) is 5.74. The molecular formula is C18H16N2O5. The predicted molar refractivity (Wildman–Crippen MR) is 92.0 cm³/mol. The molecule has 1 heterocycles. The van der Waals surface area contributed by atoms with Crippen molar-refractivity contribution in [2.75, 3.05) is 5.32 Å². The summed E-state index contributed by atoms with van der Waals surface area (Å²) >= 11 is 0. The zero-order chi connectivity index (χ0) is 18.1. The fraction of sp³-hybridized carbons (Fsp3) is 0.167. The Morgan fingerprint density at radius 2 is 1.96 bits per heavy atom. The van der Waals surface area contributed by atoms with E-state index in [0.29, 0.717) is 5.69 Å². The summed E-state index contributed by atoms with van der Waals surface area (Å²) in [6, 6.07) is 9.60. The van der Waals surface area contributed by atoms with Crippen LogP contribution in [0.4, 0.5) is 5.69 Å². The number of amides is 1. The van der Waals surface area contributed by atoms with E-state index < -0.39 is 17.6 Å². The molecule has 3 aromatic rings. The molecular weight excluding hydrogens is 324 g/mol. The van der Waals surface area contributed by atoms with E-state index in [1.165, 1.54) is 18.2 Å². The molecule has 0 saturated carbocycles. The molecule has 25 heavy (non-hydrogen) atoms. The molecule has 7 heteroatoms. The fourth-order valence-corrected chi connectivity index (χ4v) is 2.56. The molecule has 1 aromatic heterocycles. The number of carbonyl (C=O) groups excluding carboxylic acids is 1. The highest BCUT2D eigenvalue weighted by Crippen LogP contribution is 2.19. The summed E-state index contributed by atoms with van der Waals surface area (Å²) in [6.07, 6.45) is 0. The van der Waals surface area contributed by atoms with Gasteiger partial charge in [0.15, 0.2) is 5.58 Å². The SMILES string of the molecule is Cc1cccc(NC(=O)Cn2c(=O)oc3ccc(C(=O)O)cc32)c1C. The zero-order valence-electron chi connectivity index (χ0n) is 13.7. The number of fused-ring (bicyclic) bond motifs is 1. The zero-order valence-corrected chi connectivity index (χ0v) is 13.7. The van der Waals surface area contributed by atoms with Crippen molar-refractivity contribution in [3.63, 3.8) is 0 Å². The molecule has 0 saturated heterocycles. The van der Waals surface area contributed by atoms with E-state index in [1.54, 1.807) is 6.07 Å². The van der Waals surface area contributed by atoms with E-state index in [9.17, 15) is 14.4 Å². The number of oxazole rings is 1. The molecule has 0 unspecified atom stereocenters. The second kappa shape index (κ2) is 6.27. The van der Waals surface area contributed by atoms with Gasteiger partial charge in [0.1, 0.15) is 6.54 Å². The van der Waals surface area contributed by atoms with Crippen LogP contribution in [0.15, 0.2) is 45.6 Å². The van der Waals surface area contributed by atoms with E-state index in [4.69, 9.17) is 9.52 Å². The van der Waals surface area contributed by atoms with Crippen molar-refractivity contribution < 1.29 is 19.1 Å². The first-order chi connectivity index (χ1) is 11.9. The van der Waals surface area contributed by atoms with Gasteiger partial charge in [-0.1, -0.05) is 12.1 Å². The van der Waals surface area contributed by atoms with Crippen LogP contribution in [0.5, 0.6) is 0 Å². The second-order valence-electron chi connectivity index (χ2n) is 5.74. The molecule has 1 amide bonds. The maximum absolute atomic E-state index is 12.3. The van der Waals surface area contributed by atoms with Crippen LogP contribution in [0, 0.1) is 13.8 Å². The molecule has 0 aliphatic carbocycles. The van der Waals surface area contributed by atoms with Crippen LogP contribution >= 0.6 is 0 Å². The summed E-state index contributed by atoms with van der Waals surface area (Å²) in [5.74, 6) is -2.24. The summed E-state index contributed by atoms with van der Waals surface area (Å²) in [5, 5.41) is 11.8. The summed E-state index contributed by atoms with van der Waals surface area (Å²) in [5.41, 5.74) is 3.15. The Morgan fingerprint density at radius 1 is 1.20 bits per heavy atom. The van der Waals surface area contributed by atoms with Gasteiger partial charge in [0.2, 0.25) is 5.91 Å². The van der Waals surface area contributed by atoms with Gasteiger partial charge >= 0.3 is 11.7 Å². The lowest BCUT2D eigenvalue weighted by Gasteiger charge is -2.10. The Hall–Kier alpha value is -3.35. The van der Waals surface area contributed by atoms with Crippen LogP contribution in [-0.2, 0) is 11.3 Å². The van der Waals surface area contributed by atoms with Crippen molar-refractivity contribution in [3.8, 4) is 0 Å². The van der Waals surface area contributed by atoms with Gasteiger partial charge < -0.3 is 14.8 Å². The number of carboxylic acid groups (broad SMARTS) is 1. The monoisotopic (exact) mass is 340 g/mol. The highest BCUT2D eigenvalue weighted by atomic mass is 16.4. The van der Waals surface area contributed by atoms with Gasteiger partial charge in [-0.25, -0.2) is 9.59 Å². The van der Waals surface area contributed by atoms with Crippen molar-refractivity contribution >= 4 is 28.7 Å². The molecule has 0 aliphatic rings. The Balaban J connectivity index is 1.92. The molecule has 128 valence electrons. The van der Waals surface area contributed by atoms with Crippen LogP contribution in [0.25, 0.3) is 11.1 Å². The van der Waals surface area contributed by atoms with E-state index in [0.717, 1.165) is 15.7 Å². The maximum Gasteiger partial charge on any atom is 0.420 e. The van der Waals surface area contributed by atoms with Gasteiger partial charge in [-0.05, 0) is 49.2 Å². The third-order valence-electron chi connectivity index (χ3n) is 4.09. The van der Waals surface area contributed by atoms with Gasteiger partial charge in [0.25, 0.3) is 0 Å². The van der Waals surface area contributed by atoms with Crippen LogP contribution in [-0.4, -0.2) is 21.6 Å². The number of nitrogens with zero attached hydrogens (tertiary/aromatic N) is 1. The minimum absolute atomic E-state index is 0.0111. The number of hydrogen-bond donors (Lipinski definition) is 2. The molecule has 0 bridgehead atoms. The normalized spacial score (nSPS) is 10.8. The first kappa shape index (κ1) is 16.5. The van der Waals surface area contributed by atoms with Gasteiger partial charge in [-0.2, -0.15) is 0 Å². The number of carbonyl (C=O) groups is 2. The summed E-state index contributed by atoms with van der Waals surface area (Å²) in [6.45, 7) is 3.55. The molecule has 3 rings (SSSR count). The van der Waals surface area contributed by atoms with Crippen molar-refractivity contribution in [1.29, 1.82) is 0 Å². The minimum atomic E-state index is -1.12. The van der Waals surface area contributed by atoms with E-state index in [1.807, 2.05) is 26.0 Å². The summed E-state index contributed by atoms with van der Waals surface area (Å²) < 4.78 is 6.18. The van der Waals surface area contributed by atoms with Gasteiger partial charge in [0.05, 0.1) is 11.1 Å². The van der Waals surface area contributed by atoms with Gasteiger partial charge in [-0.3, -0.25) is 9.36 Å². The van der Waals surface area contributed by atoms with Crippen molar-refractivity contribution in [1.82, 2.24) is 4.57 Å². The molecule has 0 spiro atoms. The van der Waals surface area contributed by atoms with Crippen molar-refractivity contribution in [2.24, 2.45) is 0 Å². The molecule has 0 radical (unpaired) electrons. The van der Waals surface area contributed by atoms with E-state index in [2.05, 4.69) is 5.32 Å². The molecule has 2 aromatic carbocycles. The molecule has 0 aliphatic heterocycles. The maximum atomic E-state index is 12.3. The lowest BCUT2D eigenvalue weighted by molar-refractivity contribution is -0.116. The van der Waals surface area contributed by atoms with Crippen LogP contribution in [0.2, 0.25) is 0 Å². The number of hydrogen-bond acceptors (Lipinski definition) is 4. The highest BCUT2D eigenvalue weighted by Gasteiger charge is 2.15. The first-order valence-electron chi connectivity index (χ1n) is 7.59. The third-order valence-corrected chi connectivity index (χ3v) is 4.09. The van der Waals surface area contributed by atoms with Crippen molar-refractivity contribution in [2.45, 2.75) is 20.4 Å². The number of benzene rings is 2. The molecule has 0 fully saturated rings. The topological polar surface area (TPSA) is 102 Å². The first-order valence-corrected chi connectivity index (χ1v) is 7.59. The van der Waals surface area contributed by atoms with E-state index in [-0.39, 0.29) is 23.2 Å². The lowest BCUT2D eigenvalue weighted by atomic mass is 10.1. The number of nitrogens with one attached hydrogen (secondary N) is 1. The van der Waals surface area contributed by atoms with Crippen LogP contribution in [0.1, 0.15) is 21.5 Å². The Labute approximate surface area is 142 Å². The van der Waals surface area contributed by atoms with Crippen LogP contribution < -0.4 is 11.1 Å². The number of aromatic nitrogens is 1. The summed E-state index contributed by atoms with van der Waals surface area (Å²) in [7, 11) is 0. The number of anilines is 1. The molecule has 2 N–H and O–H groups in total. The average molecular weight is 340 g/mol. The largest absolute Gasteiger partial charge is 0.478 e. The van der Waals surface area contributed by atoms with Crippen molar-refractivity contribution in [3.05, 3.63) is 63.6 Å². The van der Waals surface area contributed by atoms with E-state index >= 15 is 0 Å². The van der Waals surface area contributed by atoms with Crippen LogP contribution in [0.3, 0.4) is 0 Å². The standard InChI is InChI=1S/C18H16N2O5/c1-10-4-3-5-13(11(10)2)19-16(21)9-20-14-8-12(17(22)23)6-7-15(14)25-18(20)24/h3-8H,9H2,1-2H3,(H,19,21)(H,22,23). The number of aryl methyl sites for hydroxylation is 1. The third kappa shape index (κ3) is 3.16. The quantitative estimate of drug-likeness (QED) is 0.760. The highest BCUT2D eigenvalue weighted by molar-refractivity contribution is 5.94. The molecule has 0 atom stereocenters. The Morgan fingerprint density at radius 3 is 2.68 bits per heavy atom. The predicted octanol–water partition coefficient (Wildman–Crippen LogP) is 2.55.